The third-order valence-electron chi connectivity index (χ3n) is 6.59. The van der Waals surface area contributed by atoms with Crippen molar-refractivity contribution in [3.05, 3.63) is 60.2 Å². The summed E-state index contributed by atoms with van der Waals surface area (Å²) in [5.74, 6) is 0.0353. The van der Waals surface area contributed by atoms with Crippen LogP contribution in [0.1, 0.15) is 24.8 Å². The van der Waals surface area contributed by atoms with Crippen LogP contribution in [0, 0.1) is 6.92 Å². The van der Waals surface area contributed by atoms with E-state index < -0.39 is 22.2 Å². The molecule has 8 nitrogen and oxygen atoms in total. The maximum Gasteiger partial charge on any atom is 0.240 e. The average Bonchev–Trinajstić information content (AvgIpc) is 2.85. The molecule has 2 heterocycles. The topological polar surface area (TPSA) is 99.2 Å². The molecule has 1 amide bonds. The van der Waals surface area contributed by atoms with Crippen molar-refractivity contribution in [3.8, 4) is 0 Å². The molecule has 0 radical (unpaired) electrons. The van der Waals surface area contributed by atoms with Crippen LogP contribution in [0.5, 0.6) is 0 Å². The molecule has 2 aliphatic rings. The Labute approximate surface area is 201 Å². The molecule has 0 spiro atoms. The summed E-state index contributed by atoms with van der Waals surface area (Å²) in [4.78, 5) is 17.2. The molecule has 34 heavy (non-hydrogen) atoms. The first kappa shape index (κ1) is 24.7. The molecule has 0 aliphatic carbocycles. The number of hydrogen-bond acceptors (Lipinski definition) is 6. The van der Waals surface area contributed by atoms with E-state index in [9.17, 15) is 18.3 Å². The van der Waals surface area contributed by atoms with Crippen LogP contribution in [-0.2, 0) is 19.6 Å². The van der Waals surface area contributed by atoms with Crippen molar-refractivity contribution in [3.63, 3.8) is 0 Å². The second-order valence-electron chi connectivity index (χ2n) is 9.00. The SMILES string of the molecule is Cc1ccc(S(=O)(=O)N[C@@H]2CC[C@@H](CC(=O)N3CCN(c4ccccc4)CC3)O[C@@H]2CO)cc1. The second-order valence-corrected chi connectivity index (χ2v) is 10.7. The lowest BCUT2D eigenvalue weighted by atomic mass is 9.97. The van der Waals surface area contributed by atoms with Crippen LogP contribution < -0.4 is 9.62 Å². The number of aryl methyl sites for hydroxylation is 1. The number of ether oxygens (including phenoxy) is 1. The number of sulfonamides is 1. The minimum atomic E-state index is -3.73. The molecule has 184 valence electrons. The van der Waals surface area contributed by atoms with Gasteiger partial charge in [0.1, 0.15) is 0 Å². The van der Waals surface area contributed by atoms with Crippen LogP contribution in [0.25, 0.3) is 0 Å². The quantitative estimate of drug-likeness (QED) is 0.619. The summed E-state index contributed by atoms with van der Waals surface area (Å²) in [5, 5.41) is 9.84. The zero-order chi connectivity index (χ0) is 24.1. The van der Waals surface area contributed by atoms with Gasteiger partial charge in [-0.15, -0.1) is 0 Å². The minimum absolute atomic E-state index is 0.0353. The van der Waals surface area contributed by atoms with E-state index in [0.717, 1.165) is 24.3 Å². The lowest BCUT2D eigenvalue weighted by molar-refractivity contribution is -0.140. The lowest BCUT2D eigenvalue weighted by Crippen LogP contribution is -2.52. The largest absolute Gasteiger partial charge is 0.394 e. The smallest absolute Gasteiger partial charge is 0.240 e. The van der Waals surface area contributed by atoms with E-state index in [1.54, 1.807) is 24.3 Å². The van der Waals surface area contributed by atoms with E-state index in [2.05, 4.69) is 21.8 Å². The van der Waals surface area contributed by atoms with Gasteiger partial charge in [0.2, 0.25) is 15.9 Å². The maximum atomic E-state index is 12.9. The molecule has 2 fully saturated rings. The highest BCUT2D eigenvalue weighted by molar-refractivity contribution is 7.89. The number of anilines is 1. The van der Waals surface area contributed by atoms with Crippen molar-refractivity contribution < 1.29 is 23.1 Å². The second kappa shape index (κ2) is 10.9. The average molecular weight is 488 g/mol. The van der Waals surface area contributed by atoms with Crippen molar-refractivity contribution in [1.29, 1.82) is 0 Å². The summed E-state index contributed by atoms with van der Waals surface area (Å²) >= 11 is 0. The van der Waals surface area contributed by atoms with Gasteiger partial charge in [0.05, 0.1) is 36.2 Å². The molecule has 0 saturated carbocycles. The van der Waals surface area contributed by atoms with Crippen LogP contribution in [-0.4, -0.2) is 75.4 Å². The van der Waals surface area contributed by atoms with E-state index in [1.165, 1.54) is 0 Å². The lowest BCUT2D eigenvalue weighted by Gasteiger charge is -2.38. The minimum Gasteiger partial charge on any atom is -0.394 e. The summed E-state index contributed by atoms with van der Waals surface area (Å²) < 4.78 is 34.2. The van der Waals surface area contributed by atoms with Gasteiger partial charge >= 0.3 is 0 Å². The van der Waals surface area contributed by atoms with Gasteiger partial charge in [-0.25, -0.2) is 13.1 Å². The first-order valence-corrected chi connectivity index (χ1v) is 13.3. The van der Waals surface area contributed by atoms with Gasteiger partial charge in [0.15, 0.2) is 0 Å². The van der Waals surface area contributed by atoms with Gasteiger partial charge in [0.25, 0.3) is 0 Å². The van der Waals surface area contributed by atoms with Crippen molar-refractivity contribution in [2.75, 3.05) is 37.7 Å². The Hall–Kier alpha value is -2.46. The number of nitrogens with one attached hydrogen (secondary N) is 1. The number of hydrogen-bond donors (Lipinski definition) is 2. The van der Waals surface area contributed by atoms with Crippen molar-refractivity contribution in [2.24, 2.45) is 0 Å². The molecule has 3 atom stereocenters. The van der Waals surface area contributed by atoms with E-state index in [-0.39, 0.29) is 29.9 Å². The number of carbonyl (C=O) groups is 1. The third-order valence-corrected chi connectivity index (χ3v) is 8.10. The van der Waals surface area contributed by atoms with E-state index >= 15 is 0 Å². The fourth-order valence-electron chi connectivity index (χ4n) is 4.58. The molecule has 0 aromatic heterocycles. The highest BCUT2D eigenvalue weighted by atomic mass is 32.2. The summed E-state index contributed by atoms with van der Waals surface area (Å²) in [6, 6.07) is 16.2. The van der Waals surface area contributed by atoms with Crippen LogP contribution in [0.15, 0.2) is 59.5 Å². The summed E-state index contributed by atoms with van der Waals surface area (Å²) in [6.45, 7) is 4.45. The Morgan fingerprint density at radius 1 is 1.03 bits per heavy atom. The van der Waals surface area contributed by atoms with Gasteiger partial charge in [-0.1, -0.05) is 35.9 Å². The highest BCUT2D eigenvalue weighted by Crippen LogP contribution is 2.25. The molecular weight excluding hydrogens is 454 g/mol. The molecule has 0 bridgehead atoms. The van der Waals surface area contributed by atoms with Crippen molar-refractivity contribution in [2.45, 2.75) is 49.3 Å². The number of piperazine rings is 1. The number of aliphatic hydroxyl groups excluding tert-OH is 1. The number of para-hydroxylation sites is 1. The molecule has 2 saturated heterocycles. The van der Waals surface area contributed by atoms with Gasteiger partial charge in [0, 0.05) is 31.9 Å². The van der Waals surface area contributed by atoms with Crippen molar-refractivity contribution in [1.82, 2.24) is 9.62 Å². The summed E-state index contributed by atoms with van der Waals surface area (Å²) in [5.41, 5.74) is 2.14. The Bertz CT molecular complexity index is 1050. The van der Waals surface area contributed by atoms with Crippen LogP contribution in [0.2, 0.25) is 0 Å². The first-order chi connectivity index (χ1) is 16.4. The Balaban J connectivity index is 1.28. The van der Waals surface area contributed by atoms with E-state index in [0.29, 0.717) is 25.9 Å². The number of rotatable bonds is 7. The Morgan fingerprint density at radius 2 is 1.71 bits per heavy atom. The van der Waals surface area contributed by atoms with Crippen LogP contribution in [0.3, 0.4) is 0 Å². The van der Waals surface area contributed by atoms with Crippen LogP contribution >= 0.6 is 0 Å². The monoisotopic (exact) mass is 487 g/mol. The first-order valence-electron chi connectivity index (χ1n) is 11.8. The summed E-state index contributed by atoms with van der Waals surface area (Å²) in [7, 11) is -3.73. The molecule has 2 aromatic rings. The van der Waals surface area contributed by atoms with Gasteiger partial charge in [-0.05, 0) is 44.0 Å². The number of aliphatic hydroxyl groups is 1. The predicted molar refractivity (Wildman–Crippen MR) is 130 cm³/mol. The van der Waals surface area contributed by atoms with Crippen molar-refractivity contribution >= 4 is 21.6 Å². The van der Waals surface area contributed by atoms with Gasteiger partial charge in [-0.3, -0.25) is 4.79 Å². The van der Waals surface area contributed by atoms with E-state index in [4.69, 9.17) is 4.74 Å². The zero-order valence-corrected chi connectivity index (χ0v) is 20.3. The third kappa shape index (κ3) is 5.96. The summed E-state index contributed by atoms with van der Waals surface area (Å²) in [6.07, 6.45) is 0.251. The molecule has 9 heteroatoms. The number of benzene rings is 2. The fraction of sp³-hybridized carbons (Fsp3) is 0.480. The fourth-order valence-corrected chi connectivity index (χ4v) is 5.88. The van der Waals surface area contributed by atoms with Gasteiger partial charge in [-0.2, -0.15) is 0 Å². The Kier molecular flexibility index (Phi) is 7.88. The highest BCUT2D eigenvalue weighted by Gasteiger charge is 2.35. The molecular formula is C25H33N3O5S. The Morgan fingerprint density at radius 3 is 2.35 bits per heavy atom. The molecule has 4 rings (SSSR count). The molecule has 2 aromatic carbocycles. The predicted octanol–water partition coefficient (Wildman–Crippen LogP) is 1.92. The molecule has 2 N–H and O–H groups in total. The van der Waals surface area contributed by atoms with Crippen LogP contribution in [0.4, 0.5) is 5.69 Å². The maximum absolute atomic E-state index is 12.9. The zero-order valence-electron chi connectivity index (χ0n) is 19.5. The number of carbonyl (C=O) groups excluding carboxylic acids is 1. The molecule has 2 aliphatic heterocycles. The standard InChI is InChI=1S/C25H33N3O5S/c1-19-7-10-22(11-8-19)34(31,32)26-23-12-9-21(33-24(23)18-29)17-25(30)28-15-13-27(14-16-28)20-5-3-2-4-6-20/h2-8,10-11,21,23-24,26,29H,9,12-18H2,1H3/t21-,23+,24+/m0/s1. The normalized spacial score (nSPS) is 23.6. The number of amides is 1. The van der Waals surface area contributed by atoms with Gasteiger partial charge < -0.3 is 19.6 Å². The molecule has 0 unspecified atom stereocenters. The van der Waals surface area contributed by atoms with E-state index in [1.807, 2.05) is 30.0 Å². The number of nitrogens with zero attached hydrogens (tertiary/aromatic N) is 2.